The summed E-state index contributed by atoms with van der Waals surface area (Å²) in [5.41, 5.74) is 4.90. The fourth-order valence-corrected chi connectivity index (χ4v) is 0.778. The van der Waals surface area contributed by atoms with E-state index in [9.17, 15) is 4.79 Å². The molecule has 72 valence electrons. The maximum absolute atomic E-state index is 10.2. The number of hydrogen-bond acceptors (Lipinski definition) is 3. The van der Waals surface area contributed by atoms with Gasteiger partial charge in [-0.15, -0.1) is 0 Å². The molecule has 1 rings (SSSR count). The summed E-state index contributed by atoms with van der Waals surface area (Å²) in [7, 11) is 1.50. The van der Waals surface area contributed by atoms with Crippen LogP contribution in [0.3, 0.4) is 0 Å². The average molecular weight is 183 g/mol. The van der Waals surface area contributed by atoms with Gasteiger partial charge in [0, 0.05) is 0 Å². The van der Waals surface area contributed by atoms with Crippen molar-refractivity contribution >= 4 is 5.97 Å². The second kappa shape index (κ2) is 6.16. The van der Waals surface area contributed by atoms with Crippen LogP contribution >= 0.6 is 0 Å². The highest BCUT2D eigenvalue weighted by atomic mass is 16.4. The monoisotopic (exact) mass is 183 g/mol. The Hall–Kier alpha value is -1.39. The SMILES string of the molecule is CN.O=C(O)C(O)c1ccccc1. The van der Waals surface area contributed by atoms with Gasteiger partial charge < -0.3 is 15.9 Å². The minimum absolute atomic E-state index is 0.403. The number of rotatable bonds is 2. The summed E-state index contributed by atoms with van der Waals surface area (Å²) >= 11 is 0. The molecular weight excluding hydrogens is 170 g/mol. The third kappa shape index (κ3) is 3.68. The lowest BCUT2D eigenvalue weighted by Crippen LogP contribution is -2.09. The van der Waals surface area contributed by atoms with E-state index in [1.807, 2.05) is 0 Å². The molecule has 1 unspecified atom stereocenters. The number of aliphatic hydroxyl groups excluding tert-OH is 1. The molecule has 0 spiro atoms. The van der Waals surface area contributed by atoms with Crippen molar-refractivity contribution in [3.63, 3.8) is 0 Å². The highest BCUT2D eigenvalue weighted by Gasteiger charge is 2.14. The average Bonchev–Trinajstić information content (AvgIpc) is 2.21. The predicted molar refractivity (Wildman–Crippen MR) is 49.1 cm³/mol. The Balaban J connectivity index is 0.000000671. The molecule has 0 fully saturated rings. The third-order valence-electron chi connectivity index (χ3n) is 1.35. The van der Waals surface area contributed by atoms with Crippen LogP contribution in [0.5, 0.6) is 0 Å². The summed E-state index contributed by atoms with van der Waals surface area (Å²) in [5.74, 6) is -1.23. The molecule has 4 N–H and O–H groups in total. The maximum Gasteiger partial charge on any atom is 0.337 e. The van der Waals surface area contributed by atoms with Gasteiger partial charge >= 0.3 is 5.97 Å². The van der Waals surface area contributed by atoms with Gasteiger partial charge in [-0.25, -0.2) is 4.79 Å². The number of aliphatic hydroxyl groups is 1. The van der Waals surface area contributed by atoms with Crippen molar-refractivity contribution in [2.75, 3.05) is 7.05 Å². The minimum Gasteiger partial charge on any atom is -0.479 e. The quantitative estimate of drug-likeness (QED) is 0.619. The Labute approximate surface area is 76.6 Å². The van der Waals surface area contributed by atoms with E-state index in [0.29, 0.717) is 5.56 Å². The maximum atomic E-state index is 10.2. The van der Waals surface area contributed by atoms with Crippen molar-refractivity contribution in [1.29, 1.82) is 0 Å². The normalized spacial score (nSPS) is 11.0. The van der Waals surface area contributed by atoms with Crippen LogP contribution < -0.4 is 5.73 Å². The van der Waals surface area contributed by atoms with Gasteiger partial charge in [-0.1, -0.05) is 30.3 Å². The van der Waals surface area contributed by atoms with Crippen molar-refractivity contribution in [3.05, 3.63) is 35.9 Å². The van der Waals surface area contributed by atoms with Crippen molar-refractivity contribution in [2.24, 2.45) is 5.73 Å². The van der Waals surface area contributed by atoms with Crippen LogP contribution in [0.15, 0.2) is 30.3 Å². The van der Waals surface area contributed by atoms with Gasteiger partial charge in [0.25, 0.3) is 0 Å². The fourth-order valence-electron chi connectivity index (χ4n) is 0.778. The molecule has 1 aromatic rings. The first-order chi connectivity index (χ1) is 6.22. The van der Waals surface area contributed by atoms with Crippen LogP contribution in [-0.2, 0) is 4.79 Å². The van der Waals surface area contributed by atoms with Gasteiger partial charge in [0.15, 0.2) is 6.10 Å². The highest BCUT2D eigenvalue weighted by Crippen LogP contribution is 2.10. The predicted octanol–water partition coefficient (Wildman–Crippen LogP) is 0.379. The highest BCUT2D eigenvalue weighted by molar-refractivity contribution is 5.73. The van der Waals surface area contributed by atoms with Crippen LogP contribution in [0.25, 0.3) is 0 Å². The molecule has 1 atom stereocenters. The van der Waals surface area contributed by atoms with Crippen LogP contribution in [0.4, 0.5) is 0 Å². The molecule has 0 aliphatic rings. The van der Waals surface area contributed by atoms with Gasteiger partial charge in [-0.2, -0.15) is 0 Å². The van der Waals surface area contributed by atoms with E-state index in [4.69, 9.17) is 10.2 Å². The second-order valence-corrected chi connectivity index (χ2v) is 2.15. The zero-order chi connectivity index (χ0) is 10.3. The van der Waals surface area contributed by atoms with Crippen molar-refractivity contribution in [2.45, 2.75) is 6.10 Å². The van der Waals surface area contributed by atoms with Crippen LogP contribution in [-0.4, -0.2) is 23.2 Å². The lowest BCUT2D eigenvalue weighted by atomic mass is 10.1. The smallest absolute Gasteiger partial charge is 0.337 e. The van der Waals surface area contributed by atoms with Gasteiger partial charge in [0.05, 0.1) is 0 Å². The topological polar surface area (TPSA) is 83.6 Å². The number of carbonyl (C=O) groups is 1. The van der Waals surface area contributed by atoms with E-state index < -0.39 is 12.1 Å². The Morgan fingerprint density at radius 3 is 2.15 bits per heavy atom. The van der Waals surface area contributed by atoms with E-state index in [2.05, 4.69) is 5.73 Å². The van der Waals surface area contributed by atoms with Crippen molar-refractivity contribution < 1.29 is 15.0 Å². The Morgan fingerprint density at radius 1 is 1.31 bits per heavy atom. The summed E-state index contributed by atoms with van der Waals surface area (Å²) in [6.07, 6.45) is -1.41. The Bertz CT molecular complexity index is 248. The lowest BCUT2D eigenvalue weighted by molar-refractivity contribution is -0.146. The summed E-state index contributed by atoms with van der Waals surface area (Å²) in [6, 6.07) is 8.26. The Kier molecular flexibility index (Phi) is 5.50. The number of carboxylic acid groups (broad SMARTS) is 1. The molecule has 4 heteroatoms. The standard InChI is InChI=1S/C8H8O3.CH5N/c9-7(8(10)11)6-4-2-1-3-5-6;1-2/h1-5,7,9H,(H,10,11);2H2,1H3. The number of nitrogens with two attached hydrogens (primary N) is 1. The molecule has 0 aliphatic heterocycles. The number of aliphatic carboxylic acids is 1. The van der Waals surface area contributed by atoms with E-state index in [1.54, 1.807) is 30.3 Å². The third-order valence-corrected chi connectivity index (χ3v) is 1.35. The summed E-state index contributed by atoms with van der Waals surface area (Å²) in [6.45, 7) is 0. The summed E-state index contributed by atoms with van der Waals surface area (Å²) < 4.78 is 0. The molecule has 0 saturated carbocycles. The zero-order valence-corrected chi connectivity index (χ0v) is 7.34. The van der Waals surface area contributed by atoms with Gasteiger partial charge in [0.1, 0.15) is 0 Å². The minimum atomic E-state index is -1.41. The van der Waals surface area contributed by atoms with Gasteiger partial charge in [-0.3, -0.25) is 0 Å². The molecule has 0 bridgehead atoms. The van der Waals surface area contributed by atoms with E-state index in [-0.39, 0.29) is 0 Å². The molecule has 4 nitrogen and oxygen atoms in total. The summed E-state index contributed by atoms with van der Waals surface area (Å²) in [5, 5.41) is 17.4. The van der Waals surface area contributed by atoms with Crippen LogP contribution in [0.1, 0.15) is 11.7 Å². The van der Waals surface area contributed by atoms with E-state index >= 15 is 0 Å². The first kappa shape index (κ1) is 11.6. The molecule has 0 saturated heterocycles. The molecule has 1 aromatic carbocycles. The second-order valence-electron chi connectivity index (χ2n) is 2.15. The molecule has 0 amide bonds. The molecular formula is C9H13NO3. The van der Waals surface area contributed by atoms with Crippen molar-refractivity contribution in [3.8, 4) is 0 Å². The van der Waals surface area contributed by atoms with E-state index in [1.165, 1.54) is 7.05 Å². The largest absolute Gasteiger partial charge is 0.479 e. The van der Waals surface area contributed by atoms with Gasteiger partial charge in [-0.05, 0) is 12.6 Å². The van der Waals surface area contributed by atoms with Crippen LogP contribution in [0.2, 0.25) is 0 Å². The molecule has 0 radical (unpaired) electrons. The van der Waals surface area contributed by atoms with Gasteiger partial charge in [0.2, 0.25) is 0 Å². The number of hydrogen-bond donors (Lipinski definition) is 3. The molecule has 0 aromatic heterocycles. The Morgan fingerprint density at radius 2 is 1.77 bits per heavy atom. The van der Waals surface area contributed by atoms with Crippen LogP contribution in [0, 0.1) is 0 Å². The molecule has 0 heterocycles. The zero-order valence-electron chi connectivity index (χ0n) is 7.34. The fraction of sp³-hybridized carbons (Fsp3) is 0.222. The molecule has 13 heavy (non-hydrogen) atoms. The lowest BCUT2D eigenvalue weighted by Gasteiger charge is -2.03. The summed E-state index contributed by atoms with van der Waals surface area (Å²) in [4.78, 5) is 10.2. The first-order valence-electron chi connectivity index (χ1n) is 3.75. The molecule has 0 aliphatic carbocycles. The van der Waals surface area contributed by atoms with E-state index in [0.717, 1.165) is 0 Å². The number of benzene rings is 1. The van der Waals surface area contributed by atoms with Crippen molar-refractivity contribution in [1.82, 2.24) is 0 Å². The number of carboxylic acids is 1. The first-order valence-corrected chi connectivity index (χ1v) is 3.75.